The second-order valence-corrected chi connectivity index (χ2v) is 4.54. The van der Waals surface area contributed by atoms with Gasteiger partial charge in [0.25, 0.3) is 0 Å². The number of benzene rings is 1. The lowest BCUT2D eigenvalue weighted by molar-refractivity contribution is 0.416. The summed E-state index contributed by atoms with van der Waals surface area (Å²) in [5.41, 5.74) is 1.49. The molecule has 0 saturated heterocycles. The third kappa shape index (κ3) is 1.84. The van der Waals surface area contributed by atoms with Crippen LogP contribution < -0.4 is 5.32 Å². The van der Waals surface area contributed by atoms with Crippen molar-refractivity contribution >= 4 is 0 Å². The van der Waals surface area contributed by atoms with Gasteiger partial charge in [0, 0.05) is 6.04 Å². The maximum Gasteiger partial charge on any atom is 0.162 e. The topological polar surface area (TPSA) is 12.0 Å². The fraction of sp³-hybridized carbons (Fsp3) is 0.538. The van der Waals surface area contributed by atoms with Crippen molar-refractivity contribution in [3.05, 3.63) is 34.9 Å². The maximum absolute atomic E-state index is 13.6. The lowest BCUT2D eigenvalue weighted by atomic mass is 10.0. The summed E-state index contributed by atoms with van der Waals surface area (Å²) in [4.78, 5) is 0. The van der Waals surface area contributed by atoms with Crippen LogP contribution in [0.15, 0.2) is 12.1 Å². The lowest BCUT2D eigenvalue weighted by Gasteiger charge is -2.18. The summed E-state index contributed by atoms with van der Waals surface area (Å²) in [6.45, 7) is 5.08. The number of halogens is 2. The van der Waals surface area contributed by atoms with Crippen LogP contribution >= 0.6 is 0 Å². The highest BCUT2D eigenvalue weighted by atomic mass is 19.2. The maximum atomic E-state index is 13.6. The molecule has 1 aliphatic rings. The predicted octanol–water partition coefficient (Wildman–Crippen LogP) is 3.20. The molecule has 1 aliphatic carbocycles. The van der Waals surface area contributed by atoms with E-state index >= 15 is 0 Å². The second kappa shape index (κ2) is 4.50. The SMILES string of the molecule is CCCNC1c2ccc(F)c(F)c2CC1C. The first-order chi connectivity index (χ1) is 7.65. The summed E-state index contributed by atoms with van der Waals surface area (Å²) >= 11 is 0. The normalized spacial score (nSPS) is 23.5. The number of hydrogen-bond donors (Lipinski definition) is 1. The van der Waals surface area contributed by atoms with Gasteiger partial charge in [-0.15, -0.1) is 0 Å². The summed E-state index contributed by atoms with van der Waals surface area (Å²) in [6, 6.07) is 3.11. The summed E-state index contributed by atoms with van der Waals surface area (Å²) in [5.74, 6) is -1.06. The fourth-order valence-corrected chi connectivity index (χ4v) is 2.46. The molecule has 2 rings (SSSR count). The van der Waals surface area contributed by atoms with Crippen molar-refractivity contribution in [3.8, 4) is 0 Å². The monoisotopic (exact) mass is 225 g/mol. The second-order valence-electron chi connectivity index (χ2n) is 4.54. The van der Waals surface area contributed by atoms with Gasteiger partial charge in [-0.05, 0) is 42.5 Å². The first kappa shape index (κ1) is 11.5. The van der Waals surface area contributed by atoms with Gasteiger partial charge in [0.1, 0.15) is 0 Å². The zero-order valence-corrected chi connectivity index (χ0v) is 9.69. The van der Waals surface area contributed by atoms with Crippen molar-refractivity contribution in [2.75, 3.05) is 6.54 Å². The van der Waals surface area contributed by atoms with E-state index in [0.29, 0.717) is 17.9 Å². The minimum atomic E-state index is -0.734. The van der Waals surface area contributed by atoms with E-state index in [9.17, 15) is 8.78 Å². The van der Waals surface area contributed by atoms with E-state index in [0.717, 1.165) is 18.5 Å². The number of nitrogens with one attached hydrogen (secondary N) is 1. The van der Waals surface area contributed by atoms with Gasteiger partial charge in [0.2, 0.25) is 0 Å². The van der Waals surface area contributed by atoms with E-state index in [2.05, 4.69) is 19.2 Å². The highest BCUT2D eigenvalue weighted by Crippen LogP contribution is 2.37. The molecule has 16 heavy (non-hydrogen) atoms. The molecule has 2 atom stereocenters. The van der Waals surface area contributed by atoms with Gasteiger partial charge in [-0.2, -0.15) is 0 Å². The first-order valence-corrected chi connectivity index (χ1v) is 5.85. The van der Waals surface area contributed by atoms with Crippen molar-refractivity contribution in [3.63, 3.8) is 0 Å². The molecule has 0 radical (unpaired) electrons. The van der Waals surface area contributed by atoms with Crippen LogP contribution in [-0.4, -0.2) is 6.54 Å². The van der Waals surface area contributed by atoms with Crippen molar-refractivity contribution in [1.82, 2.24) is 5.32 Å². The van der Waals surface area contributed by atoms with Gasteiger partial charge in [-0.3, -0.25) is 0 Å². The lowest BCUT2D eigenvalue weighted by Crippen LogP contribution is -2.24. The van der Waals surface area contributed by atoms with Crippen LogP contribution in [0.4, 0.5) is 8.78 Å². The molecule has 2 unspecified atom stereocenters. The molecule has 1 aromatic carbocycles. The van der Waals surface area contributed by atoms with Gasteiger partial charge in [0.05, 0.1) is 0 Å². The van der Waals surface area contributed by atoms with E-state index in [-0.39, 0.29) is 6.04 Å². The molecule has 0 aliphatic heterocycles. The molecule has 1 aromatic rings. The minimum Gasteiger partial charge on any atom is -0.310 e. The van der Waals surface area contributed by atoms with E-state index in [1.54, 1.807) is 6.07 Å². The standard InChI is InChI=1S/C13H17F2N/c1-3-6-16-13-8(2)7-10-9(13)4-5-11(14)12(10)15/h4-5,8,13,16H,3,6-7H2,1-2H3. The van der Waals surface area contributed by atoms with Gasteiger partial charge >= 0.3 is 0 Å². The molecule has 0 aromatic heterocycles. The molecule has 3 heteroatoms. The Bertz CT molecular complexity index is 390. The van der Waals surface area contributed by atoms with Gasteiger partial charge in [-0.1, -0.05) is 19.9 Å². The Morgan fingerprint density at radius 3 is 2.81 bits per heavy atom. The highest BCUT2D eigenvalue weighted by Gasteiger charge is 2.31. The Morgan fingerprint density at radius 2 is 2.12 bits per heavy atom. The number of hydrogen-bond acceptors (Lipinski definition) is 1. The quantitative estimate of drug-likeness (QED) is 0.833. The predicted molar refractivity (Wildman–Crippen MR) is 60.3 cm³/mol. The van der Waals surface area contributed by atoms with Crippen LogP contribution in [0.1, 0.15) is 37.4 Å². The molecular weight excluding hydrogens is 208 g/mol. The largest absolute Gasteiger partial charge is 0.310 e. The average molecular weight is 225 g/mol. The minimum absolute atomic E-state index is 0.171. The van der Waals surface area contributed by atoms with E-state index in [4.69, 9.17) is 0 Å². The zero-order chi connectivity index (χ0) is 11.7. The third-order valence-corrected chi connectivity index (χ3v) is 3.28. The van der Waals surface area contributed by atoms with E-state index in [1.807, 2.05) is 0 Å². The zero-order valence-electron chi connectivity index (χ0n) is 9.69. The molecule has 0 amide bonds. The summed E-state index contributed by atoms with van der Waals surface area (Å²) in [5, 5.41) is 3.39. The van der Waals surface area contributed by atoms with Crippen LogP contribution in [0.5, 0.6) is 0 Å². The molecule has 0 heterocycles. The molecule has 0 saturated carbocycles. The summed E-state index contributed by atoms with van der Waals surface area (Å²) in [6.07, 6.45) is 1.67. The van der Waals surface area contributed by atoms with Crippen LogP contribution in [0, 0.1) is 17.6 Å². The van der Waals surface area contributed by atoms with Gasteiger partial charge < -0.3 is 5.32 Å². The van der Waals surface area contributed by atoms with Gasteiger partial charge in [0.15, 0.2) is 11.6 Å². The Morgan fingerprint density at radius 1 is 1.38 bits per heavy atom. The fourth-order valence-electron chi connectivity index (χ4n) is 2.46. The Balaban J connectivity index is 2.31. The number of rotatable bonds is 3. The van der Waals surface area contributed by atoms with E-state index in [1.165, 1.54) is 6.07 Å². The van der Waals surface area contributed by atoms with Gasteiger partial charge in [-0.25, -0.2) is 8.78 Å². The van der Waals surface area contributed by atoms with Crippen molar-refractivity contribution in [1.29, 1.82) is 0 Å². The summed E-state index contributed by atoms with van der Waals surface area (Å²) in [7, 11) is 0. The van der Waals surface area contributed by atoms with Crippen LogP contribution in [0.2, 0.25) is 0 Å². The molecule has 88 valence electrons. The number of fused-ring (bicyclic) bond motifs is 1. The summed E-state index contributed by atoms with van der Waals surface area (Å²) < 4.78 is 26.7. The highest BCUT2D eigenvalue weighted by molar-refractivity contribution is 5.37. The molecule has 1 nitrogen and oxygen atoms in total. The third-order valence-electron chi connectivity index (χ3n) is 3.28. The Hall–Kier alpha value is -0.960. The van der Waals surface area contributed by atoms with E-state index < -0.39 is 11.6 Å². The van der Waals surface area contributed by atoms with Crippen LogP contribution in [-0.2, 0) is 6.42 Å². The van der Waals surface area contributed by atoms with Crippen molar-refractivity contribution < 1.29 is 8.78 Å². The van der Waals surface area contributed by atoms with Crippen molar-refractivity contribution in [2.24, 2.45) is 5.92 Å². The van der Waals surface area contributed by atoms with Crippen LogP contribution in [0.25, 0.3) is 0 Å². The Labute approximate surface area is 94.9 Å². The molecular formula is C13H17F2N. The first-order valence-electron chi connectivity index (χ1n) is 5.85. The molecule has 0 bridgehead atoms. The van der Waals surface area contributed by atoms with Crippen molar-refractivity contribution in [2.45, 2.75) is 32.7 Å². The molecule has 1 N–H and O–H groups in total. The molecule has 0 spiro atoms. The molecule has 0 fully saturated rings. The smallest absolute Gasteiger partial charge is 0.162 e. The Kier molecular flexibility index (Phi) is 3.24. The van der Waals surface area contributed by atoms with Crippen LogP contribution in [0.3, 0.4) is 0 Å². The average Bonchev–Trinajstić information content (AvgIpc) is 2.58.